The third-order valence-corrected chi connectivity index (χ3v) is 5.31. The second-order valence-electron chi connectivity index (χ2n) is 6.57. The Balaban J connectivity index is 1.27. The van der Waals surface area contributed by atoms with Crippen molar-refractivity contribution in [2.24, 2.45) is 17.8 Å². The normalized spacial score (nSPS) is 34.6. The lowest BCUT2D eigenvalue weighted by atomic mass is 10.0. The van der Waals surface area contributed by atoms with Crippen LogP contribution in [-0.2, 0) is 0 Å². The average Bonchev–Trinajstić information content (AvgIpc) is 3.00. The molecule has 3 fully saturated rings. The Morgan fingerprint density at radius 1 is 0.882 bits per heavy atom. The number of hydrogen-bond donors (Lipinski definition) is 1. The highest BCUT2D eigenvalue weighted by molar-refractivity contribution is 4.88. The fraction of sp³-hybridized carbons (Fsp3) is 1.00. The maximum absolute atomic E-state index is 3.68. The minimum absolute atomic E-state index is 0.993. The molecule has 1 heterocycles. The lowest BCUT2D eigenvalue weighted by Crippen LogP contribution is -2.33. The third-order valence-electron chi connectivity index (χ3n) is 5.31. The smallest absolute Gasteiger partial charge is 0.0107 e. The van der Waals surface area contributed by atoms with Gasteiger partial charge >= 0.3 is 0 Å². The summed E-state index contributed by atoms with van der Waals surface area (Å²) in [6.45, 7) is 6.59. The molecule has 1 N–H and O–H groups in total. The van der Waals surface area contributed by atoms with Crippen molar-refractivity contribution in [2.45, 2.75) is 44.9 Å². The molecule has 1 saturated heterocycles. The van der Waals surface area contributed by atoms with Gasteiger partial charge < -0.3 is 10.2 Å². The van der Waals surface area contributed by atoms with Gasteiger partial charge in [0.25, 0.3) is 0 Å². The predicted octanol–water partition coefficient (Wildman–Crippen LogP) is 2.50. The molecule has 2 aliphatic carbocycles. The van der Waals surface area contributed by atoms with Gasteiger partial charge in [0.1, 0.15) is 0 Å². The van der Waals surface area contributed by atoms with Crippen LogP contribution in [0, 0.1) is 17.8 Å². The summed E-state index contributed by atoms with van der Waals surface area (Å²) in [6.07, 6.45) is 10.4. The molecule has 0 amide bonds. The number of nitrogens with zero attached hydrogens (tertiary/aromatic N) is 1. The lowest BCUT2D eigenvalue weighted by molar-refractivity contribution is 0.305. The second kappa shape index (κ2) is 5.71. The molecule has 0 aromatic heterocycles. The number of fused-ring (bicyclic) bond motifs is 1. The molecular weight excluding hydrogens is 208 g/mol. The summed E-state index contributed by atoms with van der Waals surface area (Å²) in [5, 5.41) is 3.68. The van der Waals surface area contributed by atoms with Crippen LogP contribution < -0.4 is 5.32 Å². The van der Waals surface area contributed by atoms with E-state index in [1.54, 1.807) is 0 Å². The monoisotopic (exact) mass is 236 g/mol. The van der Waals surface area contributed by atoms with Crippen molar-refractivity contribution in [1.82, 2.24) is 10.2 Å². The molecule has 3 aliphatic rings. The zero-order valence-corrected chi connectivity index (χ0v) is 11.2. The summed E-state index contributed by atoms with van der Waals surface area (Å²) >= 11 is 0. The number of rotatable bonds is 5. The standard InChI is InChI=1S/C15H28N2/c1-2-5-13(4-1)10-16-8-9-17-11-14-6-3-7-15(14)12-17/h13-16H,1-12H2. The van der Waals surface area contributed by atoms with Gasteiger partial charge in [0.15, 0.2) is 0 Å². The van der Waals surface area contributed by atoms with Crippen LogP contribution in [0.5, 0.6) is 0 Å². The summed E-state index contributed by atoms with van der Waals surface area (Å²) < 4.78 is 0. The van der Waals surface area contributed by atoms with Crippen molar-refractivity contribution in [3.8, 4) is 0 Å². The SMILES string of the molecule is C1CCC(CNCCN2CC3CCCC3C2)C1. The van der Waals surface area contributed by atoms with E-state index in [2.05, 4.69) is 10.2 Å². The first-order valence-corrected chi connectivity index (χ1v) is 7.85. The van der Waals surface area contributed by atoms with Crippen LogP contribution in [0.25, 0.3) is 0 Å². The van der Waals surface area contributed by atoms with Crippen LogP contribution in [0.2, 0.25) is 0 Å². The van der Waals surface area contributed by atoms with E-state index < -0.39 is 0 Å². The van der Waals surface area contributed by atoms with E-state index in [1.807, 2.05) is 0 Å². The van der Waals surface area contributed by atoms with Gasteiger partial charge in [-0.3, -0.25) is 0 Å². The predicted molar refractivity (Wildman–Crippen MR) is 72.1 cm³/mol. The van der Waals surface area contributed by atoms with Crippen molar-refractivity contribution in [2.75, 3.05) is 32.7 Å². The van der Waals surface area contributed by atoms with Crippen molar-refractivity contribution in [3.63, 3.8) is 0 Å². The van der Waals surface area contributed by atoms with Crippen molar-refractivity contribution >= 4 is 0 Å². The summed E-state index contributed by atoms with van der Waals surface area (Å²) in [4.78, 5) is 2.70. The van der Waals surface area contributed by atoms with E-state index in [0.29, 0.717) is 0 Å². The number of nitrogens with one attached hydrogen (secondary N) is 1. The Morgan fingerprint density at radius 2 is 1.59 bits per heavy atom. The molecule has 0 spiro atoms. The zero-order valence-electron chi connectivity index (χ0n) is 11.2. The van der Waals surface area contributed by atoms with Crippen molar-refractivity contribution in [1.29, 1.82) is 0 Å². The Kier molecular flexibility index (Phi) is 4.02. The third kappa shape index (κ3) is 3.03. The highest BCUT2D eigenvalue weighted by atomic mass is 15.2. The molecule has 3 rings (SSSR count). The molecule has 2 saturated carbocycles. The molecule has 0 bridgehead atoms. The molecule has 0 radical (unpaired) electrons. The van der Waals surface area contributed by atoms with Crippen LogP contribution in [-0.4, -0.2) is 37.6 Å². The molecule has 2 atom stereocenters. The maximum Gasteiger partial charge on any atom is 0.0107 e. The minimum atomic E-state index is 0.993. The second-order valence-corrected chi connectivity index (χ2v) is 6.57. The summed E-state index contributed by atoms with van der Waals surface area (Å²) in [7, 11) is 0. The summed E-state index contributed by atoms with van der Waals surface area (Å²) in [5.74, 6) is 3.11. The number of hydrogen-bond acceptors (Lipinski definition) is 2. The van der Waals surface area contributed by atoms with E-state index in [0.717, 1.165) is 17.8 Å². The highest BCUT2D eigenvalue weighted by Gasteiger charge is 2.35. The highest BCUT2D eigenvalue weighted by Crippen LogP contribution is 2.37. The Morgan fingerprint density at radius 3 is 2.29 bits per heavy atom. The first-order chi connectivity index (χ1) is 8.42. The van der Waals surface area contributed by atoms with Crippen molar-refractivity contribution < 1.29 is 0 Å². The van der Waals surface area contributed by atoms with Crippen LogP contribution in [0.15, 0.2) is 0 Å². The Bertz CT molecular complexity index is 223. The van der Waals surface area contributed by atoms with Gasteiger partial charge in [-0.15, -0.1) is 0 Å². The van der Waals surface area contributed by atoms with Crippen LogP contribution in [0.1, 0.15) is 44.9 Å². The average molecular weight is 236 g/mol. The molecule has 0 aromatic rings. The van der Waals surface area contributed by atoms with E-state index >= 15 is 0 Å². The van der Waals surface area contributed by atoms with Gasteiger partial charge in [0.2, 0.25) is 0 Å². The fourth-order valence-electron chi connectivity index (χ4n) is 4.27. The van der Waals surface area contributed by atoms with Crippen LogP contribution in [0.4, 0.5) is 0 Å². The van der Waals surface area contributed by atoms with Crippen LogP contribution in [0.3, 0.4) is 0 Å². The van der Waals surface area contributed by atoms with Gasteiger partial charge in [-0.25, -0.2) is 0 Å². The maximum atomic E-state index is 3.68. The lowest BCUT2D eigenvalue weighted by Gasteiger charge is -2.18. The van der Waals surface area contributed by atoms with Gasteiger partial charge in [-0.1, -0.05) is 19.3 Å². The topological polar surface area (TPSA) is 15.3 Å². The van der Waals surface area contributed by atoms with Gasteiger partial charge in [0.05, 0.1) is 0 Å². The molecule has 98 valence electrons. The fourth-order valence-corrected chi connectivity index (χ4v) is 4.27. The number of likely N-dealkylation sites (tertiary alicyclic amines) is 1. The molecule has 1 aliphatic heterocycles. The van der Waals surface area contributed by atoms with Crippen LogP contribution >= 0.6 is 0 Å². The first-order valence-electron chi connectivity index (χ1n) is 7.85. The molecule has 2 unspecified atom stereocenters. The van der Waals surface area contributed by atoms with E-state index in [1.165, 1.54) is 77.7 Å². The van der Waals surface area contributed by atoms with E-state index in [4.69, 9.17) is 0 Å². The summed E-state index contributed by atoms with van der Waals surface area (Å²) in [6, 6.07) is 0. The Labute approximate surface area is 106 Å². The largest absolute Gasteiger partial charge is 0.315 e. The zero-order chi connectivity index (χ0) is 11.5. The molecule has 17 heavy (non-hydrogen) atoms. The molecule has 2 nitrogen and oxygen atoms in total. The molecule has 2 heteroatoms. The Hall–Kier alpha value is -0.0800. The van der Waals surface area contributed by atoms with E-state index in [-0.39, 0.29) is 0 Å². The minimum Gasteiger partial charge on any atom is -0.315 e. The van der Waals surface area contributed by atoms with Gasteiger partial charge in [0, 0.05) is 26.2 Å². The van der Waals surface area contributed by atoms with Crippen molar-refractivity contribution in [3.05, 3.63) is 0 Å². The first kappa shape index (κ1) is 12.0. The van der Waals surface area contributed by atoms with Gasteiger partial charge in [-0.2, -0.15) is 0 Å². The summed E-state index contributed by atoms with van der Waals surface area (Å²) in [5.41, 5.74) is 0. The van der Waals surface area contributed by atoms with E-state index in [9.17, 15) is 0 Å². The quantitative estimate of drug-likeness (QED) is 0.738. The van der Waals surface area contributed by atoms with Gasteiger partial charge in [-0.05, 0) is 50.0 Å². The molecule has 0 aromatic carbocycles. The molecular formula is C15H28N2.